The molecule has 1 unspecified atom stereocenters. The number of piperazine rings is 1. The number of fused-ring (bicyclic) bond motifs is 1. The quantitative estimate of drug-likeness (QED) is 0.335. The maximum atomic E-state index is 13.5. The number of alkyl halides is 6. The van der Waals surface area contributed by atoms with E-state index >= 15 is 0 Å². The number of nitrogens with zero attached hydrogens (tertiary/aromatic N) is 3. The normalized spacial score (nSPS) is 22.1. The van der Waals surface area contributed by atoms with E-state index in [1.807, 2.05) is 0 Å². The minimum atomic E-state index is -6.01. The number of anilines is 1. The Balaban J connectivity index is 1.30. The van der Waals surface area contributed by atoms with Crippen LogP contribution in [0.15, 0.2) is 36.4 Å². The van der Waals surface area contributed by atoms with Crippen LogP contribution in [0.4, 0.5) is 36.8 Å². The first-order chi connectivity index (χ1) is 21.9. The molecule has 5 rings (SSSR count). The van der Waals surface area contributed by atoms with Crippen molar-refractivity contribution in [1.82, 2.24) is 15.1 Å². The van der Waals surface area contributed by atoms with Gasteiger partial charge in [0.2, 0.25) is 5.91 Å². The molecule has 0 saturated carbocycles. The molecular weight excluding hydrogens is 638 g/mol. The van der Waals surface area contributed by atoms with Crippen LogP contribution in [0.1, 0.15) is 43.9 Å². The molecule has 0 aliphatic carbocycles. The molecule has 4 amide bonds. The van der Waals surface area contributed by atoms with E-state index < -0.39 is 59.5 Å². The lowest BCUT2D eigenvalue weighted by Crippen LogP contribution is -2.56. The predicted molar refractivity (Wildman–Crippen MR) is 155 cm³/mol. The third-order valence-corrected chi connectivity index (χ3v) is 8.81. The lowest BCUT2D eigenvalue weighted by Gasteiger charge is -2.42. The molecule has 2 aromatic rings. The van der Waals surface area contributed by atoms with E-state index in [0.717, 1.165) is 17.0 Å². The van der Waals surface area contributed by atoms with E-state index in [4.69, 9.17) is 9.47 Å². The summed E-state index contributed by atoms with van der Waals surface area (Å²) in [6.45, 7) is 5.53. The molecule has 0 spiro atoms. The number of halogens is 6. The lowest BCUT2D eigenvalue weighted by atomic mass is 9.89. The molecule has 2 saturated heterocycles. The van der Waals surface area contributed by atoms with Gasteiger partial charge in [-0.2, -0.15) is 26.3 Å². The van der Waals surface area contributed by atoms with Crippen LogP contribution in [0.2, 0.25) is 0 Å². The summed E-state index contributed by atoms with van der Waals surface area (Å²) >= 11 is 0. The molecule has 2 atom stereocenters. The molecule has 2 aromatic carbocycles. The van der Waals surface area contributed by atoms with Gasteiger partial charge >= 0.3 is 18.4 Å². The average Bonchev–Trinajstić information content (AvgIpc) is 3.22. The Labute approximate surface area is 266 Å². The highest BCUT2D eigenvalue weighted by Crippen LogP contribution is 2.50. The molecule has 3 heterocycles. The largest absolute Gasteiger partial charge is 0.486 e. The maximum absolute atomic E-state index is 13.5. The van der Waals surface area contributed by atoms with Gasteiger partial charge in [0.1, 0.15) is 25.3 Å². The van der Waals surface area contributed by atoms with Crippen molar-refractivity contribution in [1.29, 1.82) is 0 Å². The van der Waals surface area contributed by atoms with Gasteiger partial charge in [-0.1, -0.05) is 31.5 Å². The number of aliphatic hydroxyl groups is 1. The smallest absolute Gasteiger partial charge is 0.430 e. The first kappa shape index (κ1) is 34.1. The molecule has 10 nitrogen and oxygen atoms in total. The number of aryl methyl sites for hydroxylation is 1. The fourth-order valence-electron chi connectivity index (χ4n) is 6.24. The molecule has 2 fully saturated rings. The average molecular weight is 673 g/mol. The van der Waals surface area contributed by atoms with Crippen LogP contribution in [0.5, 0.6) is 11.5 Å². The molecule has 3 aliphatic heterocycles. The number of hydrogen-bond donors (Lipinski definition) is 2. The van der Waals surface area contributed by atoms with Crippen molar-refractivity contribution in [2.45, 2.75) is 63.1 Å². The third kappa shape index (κ3) is 5.91. The molecule has 256 valence electrons. The van der Waals surface area contributed by atoms with Gasteiger partial charge in [-0.05, 0) is 49.6 Å². The van der Waals surface area contributed by atoms with Crippen molar-refractivity contribution in [2.75, 3.05) is 44.3 Å². The van der Waals surface area contributed by atoms with E-state index in [9.17, 15) is 45.8 Å². The summed E-state index contributed by atoms with van der Waals surface area (Å²) in [6.07, 6.45) is -11.5. The highest BCUT2D eigenvalue weighted by atomic mass is 19.4. The van der Waals surface area contributed by atoms with Gasteiger partial charge in [-0.25, -0.2) is 4.79 Å². The molecule has 0 bridgehead atoms. The number of amides is 4. The molecule has 0 radical (unpaired) electrons. The molecule has 47 heavy (non-hydrogen) atoms. The molecule has 16 heteroatoms. The van der Waals surface area contributed by atoms with Crippen LogP contribution in [-0.4, -0.2) is 90.5 Å². The number of carbonyl (C=O) groups excluding carboxylic acids is 3. The van der Waals surface area contributed by atoms with E-state index in [-0.39, 0.29) is 31.6 Å². The van der Waals surface area contributed by atoms with Crippen molar-refractivity contribution in [3.8, 4) is 11.5 Å². The van der Waals surface area contributed by atoms with Crippen LogP contribution >= 0.6 is 0 Å². The molecular formula is C31H34F6N4O6. The maximum Gasteiger partial charge on any atom is 0.430 e. The summed E-state index contributed by atoms with van der Waals surface area (Å²) < 4.78 is 92.3. The van der Waals surface area contributed by atoms with Crippen molar-refractivity contribution < 1.29 is 55.3 Å². The minimum Gasteiger partial charge on any atom is -0.486 e. The van der Waals surface area contributed by atoms with Gasteiger partial charge in [-0.3, -0.25) is 14.5 Å². The third-order valence-electron chi connectivity index (χ3n) is 8.81. The second-order valence-electron chi connectivity index (χ2n) is 12.0. The fraction of sp³-hybridized carbons (Fsp3) is 0.516. The standard InChI is InChI=1S/C31H34F6N4O6/c1-4-5-19-14-21(29(45,30(32,33)34)31(35,36)37)6-8-22(19)39-10-11-40(18(2)16-39)25(42)17-41-26(43)28(3,38-27(41)44)20-7-9-23-24(15-20)47-13-12-46-23/h6-9,14-15,18,45H,4-5,10-13,16-17H2,1-3H3,(H,38,44)/t18-,28?/m0/s1. The molecule has 3 aliphatic rings. The number of ether oxygens (including phenoxy) is 2. The highest BCUT2D eigenvalue weighted by Gasteiger charge is 2.71. The van der Waals surface area contributed by atoms with E-state index in [1.165, 1.54) is 11.8 Å². The Morgan fingerprint density at radius 1 is 1.00 bits per heavy atom. The van der Waals surface area contributed by atoms with Crippen molar-refractivity contribution in [3.63, 3.8) is 0 Å². The van der Waals surface area contributed by atoms with E-state index in [1.54, 1.807) is 36.9 Å². The van der Waals surface area contributed by atoms with Crippen molar-refractivity contribution in [3.05, 3.63) is 53.1 Å². The fourth-order valence-corrected chi connectivity index (χ4v) is 6.24. The number of urea groups is 1. The topological polar surface area (TPSA) is 112 Å². The first-order valence-electron chi connectivity index (χ1n) is 15.0. The lowest BCUT2D eigenvalue weighted by molar-refractivity contribution is -0.376. The number of carbonyl (C=O) groups is 3. The second-order valence-corrected chi connectivity index (χ2v) is 12.0. The highest BCUT2D eigenvalue weighted by molar-refractivity contribution is 6.09. The predicted octanol–water partition coefficient (Wildman–Crippen LogP) is 4.23. The number of hydrogen-bond acceptors (Lipinski definition) is 7. The number of benzene rings is 2. The van der Waals surface area contributed by atoms with Gasteiger partial charge < -0.3 is 29.7 Å². The number of rotatable bonds is 7. The van der Waals surface area contributed by atoms with Crippen molar-refractivity contribution >= 4 is 23.5 Å². The zero-order valence-electron chi connectivity index (χ0n) is 25.8. The van der Waals surface area contributed by atoms with Crippen LogP contribution in [0.25, 0.3) is 0 Å². The van der Waals surface area contributed by atoms with Crippen LogP contribution in [0.3, 0.4) is 0 Å². The number of imide groups is 1. The Morgan fingerprint density at radius 3 is 2.28 bits per heavy atom. The Kier molecular flexibility index (Phi) is 8.79. The molecule has 2 N–H and O–H groups in total. The second kappa shape index (κ2) is 12.1. The summed E-state index contributed by atoms with van der Waals surface area (Å²) in [4.78, 5) is 43.9. The summed E-state index contributed by atoms with van der Waals surface area (Å²) in [6, 6.07) is 6.09. The van der Waals surface area contributed by atoms with Gasteiger partial charge in [-0.15, -0.1) is 0 Å². The van der Waals surface area contributed by atoms with E-state index in [2.05, 4.69) is 5.32 Å². The SMILES string of the molecule is CCCc1cc(C(O)(C(F)(F)F)C(F)(F)F)ccc1N1CCN(C(=O)CN2C(=O)NC(C)(c3ccc4c(c3)OCCO4)C2=O)[C@@H](C)C1. The van der Waals surface area contributed by atoms with Crippen LogP contribution in [-0.2, 0) is 27.1 Å². The van der Waals surface area contributed by atoms with Gasteiger partial charge in [0.25, 0.3) is 11.5 Å². The Bertz CT molecular complexity index is 1550. The first-order valence-corrected chi connectivity index (χ1v) is 15.0. The Hall–Kier alpha value is -4.21. The summed E-state index contributed by atoms with van der Waals surface area (Å²) in [5.41, 5.74) is -6.84. The van der Waals surface area contributed by atoms with Crippen LogP contribution in [0, 0.1) is 0 Å². The van der Waals surface area contributed by atoms with Gasteiger partial charge in [0.15, 0.2) is 11.5 Å². The zero-order valence-corrected chi connectivity index (χ0v) is 25.8. The number of nitrogens with one attached hydrogen (secondary N) is 1. The minimum absolute atomic E-state index is 0.103. The zero-order chi connectivity index (χ0) is 34.5. The van der Waals surface area contributed by atoms with Crippen molar-refractivity contribution in [2.24, 2.45) is 0 Å². The van der Waals surface area contributed by atoms with Crippen LogP contribution < -0.4 is 19.7 Å². The molecule has 0 aromatic heterocycles. The van der Waals surface area contributed by atoms with Gasteiger partial charge in [0.05, 0.1) is 0 Å². The Morgan fingerprint density at radius 2 is 1.66 bits per heavy atom. The van der Waals surface area contributed by atoms with E-state index in [0.29, 0.717) is 48.5 Å². The summed E-state index contributed by atoms with van der Waals surface area (Å²) in [5, 5.41) is 12.6. The summed E-state index contributed by atoms with van der Waals surface area (Å²) in [5.74, 6) is -0.230. The summed E-state index contributed by atoms with van der Waals surface area (Å²) in [7, 11) is 0. The van der Waals surface area contributed by atoms with Gasteiger partial charge in [0, 0.05) is 36.9 Å². The monoisotopic (exact) mass is 672 g/mol.